The van der Waals surface area contributed by atoms with Gasteiger partial charge in [0.1, 0.15) is 23.6 Å². The number of nitrogens with one attached hydrogen (secondary N) is 1. The number of rotatable bonds is 3. The van der Waals surface area contributed by atoms with E-state index in [0.29, 0.717) is 11.6 Å². The van der Waals surface area contributed by atoms with Crippen LogP contribution in [0.2, 0.25) is 0 Å². The van der Waals surface area contributed by atoms with Crippen LogP contribution in [-0.2, 0) is 6.42 Å². The summed E-state index contributed by atoms with van der Waals surface area (Å²) in [5.41, 5.74) is -0.0728. The Morgan fingerprint density at radius 1 is 1.09 bits per heavy atom. The van der Waals surface area contributed by atoms with Crippen molar-refractivity contribution in [1.29, 1.82) is 0 Å². The Bertz CT molecular complexity index is 779. The third-order valence-electron chi connectivity index (χ3n) is 3.48. The van der Waals surface area contributed by atoms with E-state index in [1.54, 1.807) is 0 Å². The summed E-state index contributed by atoms with van der Waals surface area (Å²) >= 11 is 0. The predicted molar refractivity (Wildman–Crippen MR) is 73.2 cm³/mol. The normalized spacial score (nSPS) is 15.9. The molecule has 3 rings (SSSR count). The molecule has 23 heavy (non-hydrogen) atoms. The first-order chi connectivity index (χ1) is 10.9. The zero-order valence-electron chi connectivity index (χ0n) is 11.7. The highest BCUT2D eigenvalue weighted by molar-refractivity contribution is 5.94. The zero-order valence-corrected chi connectivity index (χ0v) is 11.7. The number of ether oxygens (including phenoxy) is 1. The SMILES string of the molecule is O=C(NCC1Cc2cc(F)cc(F)c2O1)c1cc(F)ccc1F. The molecule has 120 valence electrons. The van der Waals surface area contributed by atoms with E-state index in [-0.39, 0.29) is 18.7 Å². The highest BCUT2D eigenvalue weighted by Crippen LogP contribution is 2.32. The third-order valence-corrected chi connectivity index (χ3v) is 3.48. The molecule has 1 unspecified atom stereocenters. The molecule has 0 radical (unpaired) electrons. The Hall–Kier alpha value is -2.57. The van der Waals surface area contributed by atoms with Crippen molar-refractivity contribution in [3.63, 3.8) is 0 Å². The van der Waals surface area contributed by atoms with Gasteiger partial charge in [0.05, 0.1) is 12.1 Å². The van der Waals surface area contributed by atoms with Crippen LogP contribution in [0.25, 0.3) is 0 Å². The number of amides is 1. The third kappa shape index (κ3) is 3.13. The molecule has 1 atom stereocenters. The standard InChI is InChI=1S/C16H11F4NO2/c17-9-1-2-13(19)12(5-9)16(22)21-7-11-4-8-3-10(18)6-14(20)15(8)23-11/h1-3,5-6,11H,4,7H2,(H,21,22). The first-order valence-electron chi connectivity index (χ1n) is 6.82. The second kappa shape index (κ2) is 5.91. The molecule has 0 spiro atoms. The van der Waals surface area contributed by atoms with Crippen molar-refractivity contribution in [2.45, 2.75) is 12.5 Å². The molecule has 1 heterocycles. The Morgan fingerprint density at radius 3 is 2.65 bits per heavy atom. The summed E-state index contributed by atoms with van der Waals surface area (Å²) in [5.74, 6) is -3.98. The van der Waals surface area contributed by atoms with E-state index in [0.717, 1.165) is 24.3 Å². The van der Waals surface area contributed by atoms with Crippen molar-refractivity contribution in [2.24, 2.45) is 0 Å². The lowest BCUT2D eigenvalue weighted by Gasteiger charge is -2.12. The van der Waals surface area contributed by atoms with E-state index in [1.165, 1.54) is 0 Å². The summed E-state index contributed by atoms with van der Waals surface area (Å²) in [7, 11) is 0. The minimum absolute atomic E-state index is 0.0511. The Kier molecular flexibility index (Phi) is 3.94. The van der Waals surface area contributed by atoms with Gasteiger partial charge < -0.3 is 10.1 Å². The summed E-state index contributed by atoms with van der Waals surface area (Å²) in [6, 6.07) is 4.41. The number of hydrogen-bond acceptors (Lipinski definition) is 2. The smallest absolute Gasteiger partial charge is 0.254 e. The van der Waals surface area contributed by atoms with Crippen LogP contribution in [0.15, 0.2) is 30.3 Å². The van der Waals surface area contributed by atoms with Crippen molar-refractivity contribution in [2.75, 3.05) is 6.54 Å². The number of halogens is 4. The Labute approximate surface area is 128 Å². The highest BCUT2D eigenvalue weighted by atomic mass is 19.1. The van der Waals surface area contributed by atoms with Crippen molar-refractivity contribution < 1.29 is 27.1 Å². The van der Waals surface area contributed by atoms with E-state index < -0.39 is 40.8 Å². The fourth-order valence-electron chi connectivity index (χ4n) is 2.44. The summed E-state index contributed by atoms with van der Waals surface area (Å²) in [5, 5.41) is 2.39. The maximum atomic E-state index is 13.5. The predicted octanol–water partition coefficient (Wildman–Crippen LogP) is 2.98. The number of carbonyl (C=O) groups is 1. The molecule has 0 aliphatic carbocycles. The summed E-state index contributed by atoms with van der Waals surface area (Å²) < 4.78 is 58.5. The summed E-state index contributed by atoms with van der Waals surface area (Å²) in [4.78, 5) is 11.9. The summed E-state index contributed by atoms with van der Waals surface area (Å²) in [6.07, 6.45) is -0.405. The lowest BCUT2D eigenvalue weighted by molar-refractivity contribution is 0.0928. The van der Waals surface area contributed by atoms with Crippen molar-refractivity contribution in [1.82, 2.24) is 5.32 Å². The van der Waals surface area contributed by atoms with Crippen LogP contribution >= 0.6 is 0 Å². The van der Waals surface area contributed by atoms with E-state index >= 15 is 0 Å². The zero-order chi connectivity index (χ0) is 16.6. The largest absolute Gasteiger partial charge is 0.485 e. The highest BCUT2D eigenvalue weighted by Gasteiger charge is 2.27. The van der Waals surface area contributed by atoms with Gasteiger partial charge in [-0.2, -0.15) is 0 Å². The molecule has 1 aliphatic heterocycles. The number of benzene rings is 2. The van der Waals surface area contributed by atoms with Gasteiger partial charge >= 0.3 is 0 Å². The maximum absolute atomic E-state index is 13.5. The van der Waals surface area contributed by atoms with E-state index in [4.69, 9.17) is 4.74 Å². The monoisotopic (exact) mass is 325 g/mol. The van der Waals surface area contributed by atoms with Crippen LogP contribution in [-0.4, -0.2) is 18.6 Å². The van der Waals surface area contributed by atoms with Gasteiger partial charge in [-0.05, 0) is 24.3 Å². The van der Waals surface area contributed by atoms with Gasteiger partial charge in [-0.1, -0.05) is 0 Å². The van der Waals surface area contributed by atoms with E-state index in [9.17, 15) is 22.4 Å². The summed E-state index contributed by atoms with van der Waals surface area (Å²) in [6.45, 7) is -0.0511. The first-order valence-corrected chi connectivity index (χ1v) is 6.82. The van der Waals surface area contributed by atoms with Gasteiger partial charge in [0.15, 0.2) is 11.6 Å². The molecule has 0 saturated carbocycles. The molecule has 0 aromatic heterocycles. The van der Waals surface area contributed by atoms with Crippen molar-refractivity contribution in [3.8, 4) is 5.75 Å². The molecular weight excluding hydrogens is 314 g/mol. The average Bonchev–Trinajstić information content (AvgIpc) is 2.90. The molecule has 2 aromatic rings. The number of fused-ring (bicyclic) bond motifs is 1. The molecule has 1 amide bonds. The fraction of sp³-hybridized carbons (Fsp3) is 0.188. The second-order valence-corrected chi connectivity index (χ2v) is 5.15. The van der Waals surface area contributed by atoms with E-state index in [1.807, 2.05) is 0 Å². The second-order valence-electron chi connectivity index (χ2n) is 5.15. The van der Waals surface area contributed by atoms with Crippen molar-refractivity contribution in [3.05, 3.63) is 64.7 Å². The van der Waals surface area contributed by atoms with Crippen LogP contribution < -0.4 is 10.1 Å². The van der Waals surface area contributed by atoms with Crippen LogP contribution in [0.5, 0.6) is 5.75 Å². The van der Waals surface area contributed by atoms with Gasteiger partial charge in [-0.25, -0.2) is 17.6 Å². The van der Waals surface area contributed by atoms with Crippen LogP contribution in [0.3, 0.4) is 0 Å². The van der Waals surface area contributed by atoms with Crippen LogP contribution in [0, 0.1) is 23.3 Å². The van der Waals surface area contributed by atoms with E-state index in [2.05, 4.69) is 5.32 Å². The van der Waals surface area contributed by atoms with Gasteiger partial charge in [-0.3, -0.25) is 4.79 Å². The molecule has 0 saturated heterocycles. The molecule has 7 heteroatoms. The topological polar surface area (TPSA) is 38.3 Å². The Balaban J connectivity index is 1.65. The Morgan fingerprint density at radius 2 is 1.87 bits per heavy atom. The van der Waals surface area contributed by atoms with Gasteiger partial charge in [0.25, 0.3) is 5.91 Å². The molecule has 2 aromatic carbocycles. The minimum atomic E-state index is -0.854. The lowest BCUT2D eigenvalue weighted by Crippen LogP contribution is -2.35. The minimum Gasteiger partial charge on any atom is -0.485 e. The van der Waals surface area contributed by atoms with Crippen LogP contribution in [0.4, 0.5) is 17.6 Å². The van der Waals surface area contributed by atoms with Crippen LogP contribution in [0.1, 0.15) is 15.9 Å². The number of hydrogen-bond donors (Lipinski definition) is 1. The molecule has 3 nitrogen and oxygen atoms in total. The van der Waals surface area contributed by atoms with Gasteiger partial charge in [0, 0.05) is 18.1 Å². The molecular formula is C16H11F4NO2. The average molecular weight is 325 g/mol. The van der Waals surface area contributed by atoms with Gasteiger partial charge in [-0.15, -0.1) is 0 Å². The molecule has 0 bridgehead atoms. The fourth-order valence-corrected chi connectivity index (χ4v) is 2.44. The quantitative estimate of drug-likeness (QED) is 0.881. The maximum Gasteiger partial charge on any atom is 0.254 e. The lowest BCUT2D eigenvalue weighted by atomic mass is 10.1. The van der Waals surface area contributed by atoms with Gasteiger partial charge in [0.2, 0.25) is 0 Å². The van der Waals surface area contributed by atoms with Crippen molar-refractivity contribution >= 4 is 5.91 Å². The molecule has 1 N–H and O–H groups in total. The first kappa shape index (κ1) is 15.3. The molecule has 0 fully saturated rings. The molecule has 1 aliphatic rings. The number of carbonyl (C=O) groups excluding carboxylic acids is 1.